The maximum Gasteiger partial charge on any atom is 0.411 e. The first-order chi connectivity index (χ1) is 10.2. The van der Waals surface area contributed by atoms with Crippen LogP contribution in [-0.2, 0) is 16.0 Å². The van der Waals surface area contributed by atoms with Crippen molar-refractivity contribution in [2.75, 3.05) is 6.61 Å². The minimum absolute atomic E-state index is 0.333. The van der Waals surface area contributed by atoms with E-state index >= 15 is 0 Å². The van der Waals surface area contributed by atoms with Crippen molar-refractivity contribution in [2.45, 2.75) is 44.7 Å². The van der Waals surface area contributed by atoms with E-state index in [0.29, 0.717) is 6.42 Å². The summed E-state index contributed by atoms with van der Waals surface area (Å²) in [7, 11) is 0. The van der Waals surface area contributed by atoms with Crippen molar-refractivity contribution < 1.29 is 27.8 Å². The van der Waals surface area contributed by atoms with Gasteiger partial charge in [-0.3, -0.25) is 4.79 Å². The quantitative estimate of drug-likeness (QED) is 0.809. The molecule has 2 N–H and O–H groups in total. The lowest BCUT2D eigenvalue weighted by Gasteiger charge is -2.22. The molecule has 0 spiro atoms. The molecule has 0 saturated carbocycles. The molecular formula is C15H20F3NO3. The predicted octanol–water partition coefficient (Wildman–Crippen LogP) is 2.06. The van der Waals surface area contributed by atoms with E-state index in [2.05, 4.69) is 10.1 Å². The number of hydrogen-bond donors (Lipinski definition) is 2. The van der Waals surface area contributed by atoms with E-state index in [4.69, 9.17) is 0 Å². The van der Waals surface area contributed by atoms with Gasteiger partial charge < -0.3 is 15.2 Å². The Morgan fingerprint density at radius 2 is 1.86 bits per heavy atom. The maximum absolute atomic E-state index is 12.0. The summed E-state index contributed by atoms with van der Waals surface area (Å²) in [5, 5.41) is 12.5. The third-order valence-electron chi connectivity index (χ3n) is 3.10. The SMILES string of the molecule is CC(OCC(F)(F)F)C(=O)NC(C)C(O)Cc1ccccc1. The molecular weight excluding hydrogens is 299 g/mol. The van der Waals surface area contributed by atoms with Gasteiger partial charge in [-0.05, 0) is 19.4 Å². The van der Waals surface area contributed by atoms with Gasteiger partial charge in [-0.15, -0.1) is 0 Å². The average Bonchev–Trinajstić information content (AvgIpc) is 2.44. The molecule has 0 aliphatic rings. The molecule has 1 aromatic carbocycles. The fraction of sp³-hybridized carbons (Fsp3) is 0.533. The summed E-state index contributed by atoms with van der Waals surface area (Å²) < 4.78 is 40.5. The zero-order valence-electron chi connectivity index (χ0n) is 12.4. The Morgan fingerprint density at radius 1 is 1.27 bits per heavy atom. The number of aliphatic hydroxyl groups excluding tert-OH is 1. The molecule has 0 radical (unpaired) electrons. The highest BCUT2D eigenvalue weighted by molar-refractivity contribution is 5.80. The lowest BCUT2D eigenvalue weighted by Crippen LogP contribution is -2.46. The van der Waals surface area contributed by atoms with Crippen molar-refractivity contribution in [3.8, 4) is 0 Å². The highest BCUT2D eigenvalue weighted by Crippen LogP contribution is 2.15. The summed E-state index contributed by atoms with van der Waals surface area (Å²) >= 11 is 0. The molecule has 0 fully saturated rings. The van der Waals surface area contributed by atoms with Gasteiger partial charge in [0.25, 0.3) is 0 Å². The molecule has 124 valence electrons. The van der Waals surface area contributed by atoms with Gasteiger partial charge >= 0.3 is 6.18 Å². The minimum Gasteiger partial charge on any atom is -0.391 e. The molecule has 3 unspecified atom stereocenters. The summed E-state index contributed by atoms with van der Waals surface area (Å²) in [4.78, 5) is 11.7. The van der Waals surface area contributed by atoms with Crippen LogP contribution in [0.4, 0.5) is 13.2 Å². The second kappa shape index (κ2) is 8.14. The van der Waals surface area contributed by atoms with Crippen LogP contribution in [0.15, 0.2) is 30.3 Å². The standard InChI is InChI=1S/C15H20F3NO3/c1-10(13(20)8-12-6-4-3-5-7-12)19-14(21)11(2)22-9-15(16,17)18/h3-7,10-11,13,20H,8-9H2,1-2H3,(H,19,21). The number of carbonyl (C=O) groups is 1. The van der Waals surface area contributed by atoms with E-state index in [1.165, 1.54) is 6.92 Å². The fourth-order valence-electron chi connectivity index (χ4n) is 1.77. The molecule has 4 nitrogen and oxygen atoms in total. The van der Waals surface area contributed by atoms with Gasteiger partial charge in [-0.1, -0.05) is 30.3 Å². The van der Waals surface area contributed by atoms with Crippen molar-refractivity contribution in [1.29, 1.82) is 0 Å². The Morgan fingerprint density at radius 3 is 2.41 bits per heavy atom. The number of halogens is 3. The summed E-state index contributed by atoms with van der Waals surface area (Å²) in [6.07, 6.45) is -6.23. The number of nitrogens with one attached hydrogen (secondary N) is 1. The fourth-order valence-corrected chi connectivity index (χ4v) is 1.77. The van der Waals surface area contributed by atoms with Crippen molar-refractivity contribution in [1.82, 2.24) is 5.32 Å². The third-order valence-corrected chi connectivity index (χ3v) is 3.10. The Bertz CT molecular complexity index is 465. The molecule has 1 aromatic rings. The Labute approximate surface area is 127 Å². The number of aliphatic hydroxyl groups is 1. The number of carbonyl (C=O) groups excluding carboxylic acids is 1. The van der Waals surface area contributed by atoms with Crippen LogP contribution in [-0.4, -0.2) is 42.0 Å². The van der Waals surface area contributed by atoms with Gasteiger partial charge in [0.15, 0.2) is 0 Å². The van der Waals surface area contributed by atoms with E-state index in [1.54, 1.807) is 6.92 Å². The number of alkyl halides is 3. The molecule has 22 heavy (non-hydrogen) atoms. The van der Waals surface area contributed by atoms with E-state index in [-0.39, 0.29) is 0 Å². The van der Waals surface area contributed by atoms with Crippen molar-refractivity contribution in [3.63, 3.8) is 0 Å². The first-order valence-corrected chi connectivity index (χ1v) is 6.90. The lowest BCUT2D eigenvalue weighted by molar-refractivity contribution is -0.186. The van der Waals surface area contributed by atoms with Crippen LogP contribution < -0.4 is 5.32 Å². The topological polar surface area (TPSA) is 58.6 Å². The van der Waals surface area contributed by atoms with Crippen LogP contribution in [0.3, 0.4) is 0 Å². The van der Waals surface area contributed by atoms with Crippen LogP contribution >= 0.6 is 0 Å². The number of ether oxygens (including phenoxy) is 1. The number of benzene rings is 1. The van der Waals surface area contributed by atoms with Crippen LogP contribution in [0.1, 0.15) is 19.4 Å². The van der Waals surface area contributed by atoms with E-state index < -0.39 is 36.9 Å². The van der Waals surface area contributed by atoms with Gasteiger partial charge in [-0.2, -0.15) is 13.2 Å². The normalized spacial score (nSPS) is 15.9. The second-order valence-corrected chi connectivity index (χ2v) is 5.12. The molecule has 7 heteroatoms. The summed E-state index contributed by atoms with van der Waals surface area (Å²) in [5.74, 6) is -0.691. The van der Waals surface area contributed by atoms with E-state index in [1.807, 2.05) is 30.3 Å². The van der Waals surface area contributed by atoms with Gasteiger partial charge in [0, 0.05) is 6.42 Å². The highest BCUT2D eigenvalue weighted by atomic mass is 19.4. The van der Waals surface area contributed by atoms with Crippen molar-refractivity contribution >= 4 is 5.91 Å². The Hall–Kier alpha value is -1.60. The molecule has 0 bridgehead atoms. The third kappa shape index (κ3) is 6.91. The average molecular weight is 319 g/mol. The number of hydrogen-bond acceptors (Lipinski definition) is 3. The monoisotopic (exact) mass is 319 g/mol. The van der Waals surface area contributed by atoms with Crippen molar-refractivity contribution in [2.24, 2.45) is 0 Å². The Kier molecular flexibility index (Phi) is 6.83. The largest absolute Gasteiger partial charge is 0.411 e. The molecule has 0 heterocycles. The molecule has 0 aliphatic carbocycles. The number of amides is 1. The smallest absolute Gasteiger partial charge is 0.391 e. The van der Waals surface area contributed by atoms with Crippen LogP contribution in [0.2, 0.25) is 0 Å². The van der Waals surface area contributed by atoms with E-state index in [9.17, 15) is 23.1 Å². The van der Waals surface area contributed by atoms with Crippen LogP contribution in [0.5, 0.6) is 0 Å². The van der Waals surface area contributed by atoms with Crippen LogP contribution in [0.25, 0.3) is 0 Å². The van der Waals surface area contributed by atoms with Gasteiger partial charge in [0.1, 0.15) is 12.7 Å². The number of rotatable bonds is 7. The molecule has 0 aromatic heterocycles. The van der Waals surface area contributed by atoms with Crippen LogP contribution in [0, 0.1) is 0 Å². The molecule has 3 atom stereocenters. The maximum atomic E-state index is 12.0. The van der Waals surface area contributed by atoms with Crippen molar-refractivity contribution in [3.05, 3.63) is 35.9 Å². The lowest BCUT2D eigenvalue weighted by atomic mass is 10.0. The summed E-state index contributed by atoms with van der Waals surface area (Å²) in [5.41, 5.74) is 0.900. The van der Waals surface area contributed by atoms with Gasteiger partial charge in [-0.25, -0.2) is 0 Å². The second-order valence-electron chi connectivity index (χ2n) is 5.12. The van der Waals surface area contributed by atoms with Gasteiger partial charge in [0.05, 0.1) is 12.1 Å². The molecule has 0 aliphatic heterocycles. The summed E-state index contributed by atoms with van der Waals surface area (Å²) in [6, 6.07) is 8.58. The zero-order chi connectivity index (χ0) is 16.8. The minimum atomic E-state index is -4.48. The van der Waals surface area contributed by atoms with E-state index in [0.717, 1.165) is 5.56 Å². The molecule has 0 saturated heterocycles. The zero-order valence-corrected chi connectivity index (χ0v) is 12.4. The highest BCUT2D eigenvalue weighted by Gasteiger charge is 2.30. The molecule has 1 amide bonds. The predicted molar refractivity (Wildman–Crippen MR) is 75.2 cm³/mol. The summed E-state index contributed by atoms with van der Waals surface area (Å²) in [6.45, 7) is 1.34. The Balaban J connectivity index is 2.42. The first kappa shape index (κ1) is 18.4. The molecule has 1 rings (SSSR count). The first-order valence-electron chi connectivity index (χ1n) is 6.90. The van der Waals surface area contributed by atoms with Gasteiger partial charge in [0.2, 0.25) is 5.91 Å².